The summed E-state index contributed by atoms with van der Waals surface area (Å²) in [7, 11) is 0. The molecule has 3 aliphatic heterocycles. The number of amides is 4. The Morgan fingerprint density at radius 1 is 1.06 bits per heavy atom. The highest BCUT2D eigenvalue weighted by molar-refractivity contribution is 6.23. The Morgan fingerprint density at radius 2 is 1.79 bits per heavy atom. The predicted octanol–water partition coefficient (Wildman–Crippen LogP) is 1.58. The summed E-state index contributed by atoms with van der Waals surface area (Å²) in [6, 6.07) is 1.70. The molecule has 178 valence electrons. The van der Waals surface area contributed by atoms with Gasteiger partial charge in [-0.3, -0.25) is 34.3 Å². The molecule has 1 unspecified atom stereocenters. The summed E-state index contributed by atoms with van der Waals surface area (Å²) in [4.78, 5) is 51.5. The van der Waals surface area contributed by atoms with Crippen LogP contribution in [-0.4, -0.2) is 64.8 Å². The Hall–Kier alpha value is -2.79. The van der Waals surface area contributed by atoms with Crippen LogP contribution in [0, 0.1) is 5.92 Å². The number of benzene rings is 1. The molecular formula is C22H25F3N4O4. The van der Waals surface area contributed by atoms with Gasteiger partial charge < -0.3 is 5.73 Å². The van der Waals surface area contributed by atoms with Crippen LogP contribution in [0.3, 0.4) is 0 Å². The van der Waals surface area contributed by atoms with E-state index in [1.165, 1.54) is 23.1 Å². The molecule has 3 heterocycles. The fraction of sp³-hybridized carbons (Fsp3) is 0.545. The Kier molecular flexibility index (Phi) is 6.28. The third-order valence-corrected chi connectivity index (χ3v) is 6.66. The number of halogens is 3. The van der Waals surface area contributed by atoms with E-state index in [1.54, 1.807) is 0 Å². The molecular weight excluding hydrogens is 441 g/mol. The van der Waals surface area contributed by atoms with Gasteiger partial charge in [0.05, 0.1) is 11.1 Å². The molecule has 0 bridgehead atoms. The zero-order valence-electron chi connectivity index (χ0n) is 17.9. The van der Waals surface area contributed by atoms with Gasteiger partial charge in [0.1, 0.15) is 12.1 Å². The number of piperidine rings is 2. The molecule has 4 rings (SSSR count). The van der Waals surface area contributed by atoms with Crippen molar-refractivity contribution in [2.45, 2.75) is 56.9 Å². The highest BCUT2D eigenvalue weighted by atomic mass is 19.4. The maximum Gasteiger partial charge on any atom is 0.404 e. The highest BCUT2D eigenvalue weighted by Crippen LogP contribution is 2.37. The summed E-state index contributed by atoms with van der Waals surface area (Å²) < 4.78 is 41.2. The SMILES string of the molecule is NCC[C@@H]1CCN(Cc2ccc3c(c2)C(=O)N(C2CCC(=O)NC2=O)C3=O)[C@H](C(F)(F)F)C1. The summed E-state index contributed by atoms with van der Waals surface area (Å²) in [5.74, 6) is -2.59. The molecule has 0 aromatic heterocycles. The minimum Gasteiger partial charge on any atom is -0.330 e. The Labute approximate surface area is 188 Å². The van der Waals surface area contributed by atoms with E-state index in [-0.39, 0.29) is 49.4 Å². The molecule has 1 aromatic rings. The van der Waals surface area contributed by atoms with Crippen molar-refractivity contribution in [1.82, 2.24) is 15.1 Å². The number of nitrogens with two attached hydrogens (primary N) is 1. The van der Waals surface area contributed by atoms with Gasteiger partial charge in [0, 0.05) is 13.0 Å². The average molecular weight is 466 g/mol. The van der Waals surface area contributed by atoms with Crippen LogP contribution in [0.2, 0.25) is 0 Å². The first kappa shape index (κ1) is 23.4. The van der Waals surface area contributed by atoms with Crippen LogP contribution in [0.25, 0.3) is 0 Å². The molecule has 1 aromatic carbocycles. The summed E-state index contributed by atoms with van der Waals surface area (Å²) in [5, 5.41) is 2.13. The van der Waals surface area contributed by atoms with Crippen molar-refractivity contribution >= 4 is 23.6 Å². The lowest BCUT2D eigenvalue weighted by molar-refractivity contribution is -0.197. The molecule has 2 fully saturated rings. The topological polar surface area (TPSA) is 113 Å². The van der Waals surface area contributed by atoms with E-state index in [0.717, 1.165) is 4.90 Å². The summed E-state index contributed by atoms with van der Waals surface area (Å²) in [6.07, 6.45) is -3.21. The zero-order valence-corrected chi connectivity index (χ0v) is 17.9. The van der Waals surface area contributed by atoms with Crippen molar-refractivity contribution in [3.05, 3.63) is 34.9 Å². The number of hydrogen-bond donors (Lipinski definition) is 2. The summed E-state index contributed by atoms with van der Waals surface area (Å²) in [5.41, 5.74) is 6.17. The standard InChI is InChI=1S/C22H25F3N4O4/c23-22(24,25)17-10-12(5-7-26)6-8-28(17)11-13-1-2-14-15(9-13)21(33)29(20(14)32)16-3-4-18(30)27-19(16)31/h1-2,9,12,16-17H,3-8,10-11,26H2,(H,27,30,31)/t12-,16?,17+/m1/s1. The van der Waals surface area contributed by atoms with Crippen LogP contribution in [0.15, 0.2) is 18.2 Å². The van der Waals surface area contributed by atoms with E-state index in [2.05, 4.69) is 5.32 Å². The molecule has 3 aliphatic rings. The number of hydrogen-bond acceptors (Lipinski definition) is 6. The number of imide groups is 2. The number of carbonyl (C=O) groups excluding carboxylic acids is 4. The zero-order chi connectivity index (χ0) is 23.9. The van der Waals surface area contributed by atoms with E-state index in [4.69, 9.17) is 5.73 Å². The van der Waals surface area contributed by atoms with Gasteiger partial charge in [0.25, 0.3) is 11.8 Å². The smallest absolute Gasteiger partial charge is 0.330 e. The average Bonchev–Trinajstić information content (AvgIpc) is 2.99. The van der Waals surface area contributed by atoms with Gasteiger partial charge >= 0.3 is 6.18 Å². The number of nitrogens with zero attached hydrogens (tertiary/aromatic N) is 2. The second kappa shape index (κ2) is 8.86. The van der Waals surface area contributed by atoms with Crippen molar-refractivity contribution in [2.75, 3.05) is 13.1 Å². The Bertz CT molecular complexity index is 996. The van der Waals surface area contributed by atoms with Crippen LogP contribution < -0.4 is 11.1 Å². The molecule has 0 aliphatic carbocycles. The summed E-state index contributed by atoms with van der Waals surface area (Å²) in [6.45, 7) is 0.577. The highest BCUT2D eigenvalue weighted by Gasteiger charge is 2.47. The largest absolute Gasteiger partial charge is 0.404 e. The van der Waals surface area contributed by atoms with E-state index in [1.807, 2.05) is 0 Å². The number of nitrogens with one attached hydrogen (secondary N) is 1. The van der Waals surface area contributed by atoms with Crippen molar-refractivity contribution in [1.29, 1.82) is 0 Å². The third-order valence-electron chi connectivity index (χ3n) is 6.66. The molecule has 8 nitrogen and oxygen atoms in total. The molecule has 33 heavy (non-hydrogen) atoms. The normalized spacial score (nSPS) is 26.5. The van der Waals surface area contributed by atoms with Gasteiger partial charge in [0.15, 0.2) is 0 Å². The van der Waals surface area contributed by atoms with Gasteiger partial charge in [0.2, 0.25) is 11.8 Å². The van der Waals surface area contributed by atoms with Crippen LogP contribution in [0.5, 0.6) is 0 Å². The minimum absolute atomic E-state index is 0.00794. The first-order chi connectivity index (χ1) is 15.6. The van der Waals surface area contributed by atoms with Crippen LogP contribution in [0.1, 0.15) is 58.4 Å². The number of alkyl halides is 3. The van der Waals surface area contributed by atoms with Crippen LogP contribution in [-0.2, 0) is 16.1 Å². The lowest BCUT2D eigenvalue weighted by Crippen LogP contribution is -2.54. The van der Waals surface area contributed by atoms with E-state index in [9.17, 15) is 32.3 Å². The molecule has 0 saturated carbocycles. The second-order valence-corrected chi connectivity index (χ2v) is 8.82. The maximum atomic E-state index is 13.7. The van der Waals surface area contributed by atoms with Crippen LogP contribution in [0.4, 0.5) is 13.2 Å². The van der Waals surface area contributed by atoms with Gasteiger partial charge in [-0.15, -0.1) is 0 Å². The Morgan fingerprint density at radius 3 is 2.45 bits per heavy atom. The first-order valence-electron chi connectivity index (χ1n) is 11.0. The van der Waals surface area contributed by atoms with E-state index in [0.29, 0.717) is 24.9 Å². The quantitative estimate of drug-likeness (QED) is 0.638. The van der Waals surface area contributed by atoms with Crippen molar-refractivity contribution in [3.63, 3.8) is 0 Å². The van der Waals surface area contributed by atoms with Crippen LogP contribution >= 0.6 is 0 Å². The van der Waals surface area contributed by atoms with Gasteiger partial charge in [-0.05, 0) is 62.4 Å². The monoisotopic (exact) mass is 466 g/mol. The molecule has 3 N–H and O–H groups in total. The number of rotatable bonds is 5. The molecule has 0 spiro atoms. The number of fused-ring (bicyclic) bond motifs is 1. The fourth-order valence-corrected chi connectivity index (χ4v) is 4.97. The third kappa shape index (κ3) is 4.51. The molecule has 11 heteroatoms. The van der Waals surface area contributed by atoms with Gasteiger partial charge in [-0.25, -0.2) is 0 Å². The van der Waals surface area contributed by atoms with E-state index >= 15 is 0 Å². The van der Waals surface area contributed by atoms with Gasteiger partial charge in [-0.1, -0.05) is 6.07 Å². The molecule has 3 atom stereocenters. The first-order valence-corrected chi connectivity index (χ1v) is 11.0. The lowest BCUT2D eigenvalue weighted by Gasteiger charge is -2.40. The van der Waals surface area contributed by atoms with E-state index < -0.39 is 41.9 Å². The minimum atomic E-state index is -4.39. The lowest BCUT2D eigenvalue weighted by atomic mass is 9.87. The van der Waals surface area contributed by atoms with Gasteiger partial charge in [-0.2, -0.15) is 13.2 Å². The number of carbonyl (C=O) groups is 4. The maximum absolute atomic E-state index is 13.7. The van der Waals surface area contributed by atoms with Crippen molar-refractivity contribution < 1.29 is 32.3 Å². The van der Waals surface area contributed by atoms with Crippen molar-refractivity contribution in [2.24, 2.45) is 11.7 Å². The molecule has 4 amide bonds. The molecule has 2 saturated heterocycles. The predicted molar refractivity (Wildman–Crippen MR) is 110 cm³/mol. The fourth-order valence-electron chi connectivity index (χ4n) is 4.97. The second-order valence-electron chi connectivity index (χ2n) is 8.82. The molecule has 0 radical (unpaired) electrons. The summed E-state index contributed by atoms with van der Waals surface area (Å²) >= 11 is 0. The van der Waals surface area contributed by atoms with Crippen molar-refractivity contribution in [3.8, 4) is 0 Å². The number of likely N-dealkylation sites (tertiary alicyclic amines) is 1. The Balaban J connectivity index is 1.53.